The van der Waals surface area contributed by atoms with Gasteiger partial charge >= 0.3 is 0 Å². The normalized spacial score (nSPS) is 9.57. The molecule has 0 heterocycles. The molecule has 0 unspecified atom stereocenters. The monoisotopic (exact) mass is 102 g/mol. The van der Waals surface area contributed by atoms with Gasteiger partial charge in [-0.3, -0.25) is 10.0 Å². The Morgan fingerprint density at radius 3 is 2.57 bits per heavy atom. The molecule has 0 aliphatic rings. The summed E-state index contributed by atoms with van der Waals surface area (Å²) in [6, 6.07) is 0. The van der Waals surface area contributed by atoms with Gasteiger partial charge in [-0.15, -0.1) is 6.58 Å². The van der Waals surface area contributed by atoms with Crippen LogP contribution in [0.3, 0.4) is 0 Å². The molecule has 1 N–H and O–H groups in total. The molecule has 3 nitrogen and oxygen atoms in total. The Bertz CT molecular complexity index is 55.7. The van der Waals surface area contributed by atoms with Crippen LogP contribution in [-0.2, 0) is 4.84 Å². The molecule has 3 heteroatoms. The van der Waals surface area contributed by atoms with E-state index in [0.29, 0.717) is 5.23 Å². The summed E-state index contributed by atoms with van der Waals surface area (Å²) in [5.74, 6) is 0. The summed E-state index contributed by atoms with van der Waals surface area (Å²) in [5, 5.41) is 8.90. The number of nitrogens with zero attached hydrogens (tertiary/aromatic N) is 1. The van der Waals surface area contributed by atoms with E-state index in [4.69, 9.17) is 5.21 Å². The van der Waals surface area contributed by atoms with Gasteiger partial charge in [-0.05, 0) is 0 Å². The van der Waals surface area contributed by atoms with Gasteiger partial charge in [-0.2, -0.15) is 0 Å². The second-order valence-corrected chi connectivity index (χ2v) is 0.870. The summed E-state index contributed by atoms with van der Waals surface area (Å²) in [6.07, 6.45) is 1.41. The summed E-state index contributed by atoms with van der Waals surface area (Å²) in [5.41, 5.74) is 0. The summed E-state index contributed by atoms with van der Waals surface area (Å²) < 4.78 is 0. The molecule has 0 aliphatic carbocycles. The zero-order valence-corrected chi connectivity index (χ0v) is 4.16. The molecule has 0 rings (SSSR count). The predicted octanol–water partition coefficient (Wildman–Crippen LogP) is 0.587. The summed E-state index contributed by atoms with van der Waals surface area (Å²) >= 11 is 0. The summed E-state index contributed by atoms with van der Waals surface area (Å²) in [7, 11) is 1.35. The van der Waals surface area contributed by atoms with E-state index >= 15 is 0 Å². The van der Waals surface area contributed by atoms with Crippen molar-refractivity contribution < 1.29 is 10.0 Å². The third-order valence-electron chi connectivity index (χ3n) is 0.420. The van der Waals surface area contributed by atoms with Gasteiger partial charge in [-0.25, -0.2) is 0 Å². The molecular formula is C4H8NO2. The van der Waals surface area contributed by atoms with Crippen LogP contribution in [0.1, 0.15) is 0 Å². The molecule has 0 amide bonds. The lowest BCUT2D eigenvalue weighted by Crippen LogP contribution is -2.11. The van der Waals surface area contributed by atoms with Gasteiger partial charge in [-0.1, -0.05) is 11.3 Å². The van der Waals surface area contributed by atoms with Crippen LogP contribution in [-0.4, -0.2) is 17.5 Å². The highest BCUT2D eigenvalue weighted by molar-refractivity contribution is 4.79. The fourth-order valence-corrected chi connectivity index (χ4v) is 0.151. The SMILES string of the molecule is C=C[CH]N(O)OC. The van der Waals surface area contributed by atoms with Crippen LogP contribution >= 0.6 is 0 Å². The minimum atomic E-state index is 0.562. The van der Waals surface area contributed by atoms with Crippen molar-refractivity contribution in [1.82, 2.24) is 5.23 Å². The molecular weight excluding hydrogens is 94.0 g/mol. The van der Waals surface area contributed by atoms with E-state index in [1.807, 2.05) is 0 Å². The van der Waals surface area contributed by atoms with Crippen LogP contribution in [0.15, 0.2) is 12.7 Å². The third kappa shape index (κ3) is 3.45. The predicted molar refractivity (Wildman–Crippen MR) is 25.1 cm³/mol. The molecule has 0 atom stereocenters. The van der Waals surface area contributed by atoms with E-state index in [0.717, 1.165) is 0 Å². The first-order chi connectivity index (χ1) is 3.31. The van der Waals surface area contributed by atoms with Gasteiger partial charge in [0.05, 0.1) is 7.11 Å². The van der Waals surface area contributed by atoms with Crippen molar-refractivity contribution in [3.63, 3.8) is 0 Å². The summed E-state index contributed by atoms with van der Waals surface area (Å²) in [4.78, 5) is 4.25. The highest BCUT2D eigenvalue weighted by Crippen LogP contribution is 1.84. The lowest BCUT2D eigenvalue weighted by Gasteiger charge is -2.04. The van der Waals surface area contributed by atoms with Crippen LogP contribution in [0.2, 0.25) is 0 Å². The zero-order valence-electron chi connectivity index (χ0n) is 4.16. The smallest absolute Gasteiger partial charge is 0.104 e. The fourth-order valence-electron chi connectivity index (χ4n) is 0.151. The molecule has 41 valence electrons. The lowest BCUT2D eigenvalue weighted by atomic mass is 10.7. The Hall–Kier alpha value is -0.380. The average molecular weight is 102 g/mol. The van der Waals surface area contributed by atoms with Gasteiger partial charge in [0.25, 0.3) is 0 Å². The molecule has 0 aliphatic heterocycles. The first-order valence-corrected chi connectivity index (χ1v) is 1.79. The number of hydrogen-bond acceptors (Lipinski definition) is 3. The molecule has 0 aromatic rings. The highest BCUT2D eigenvalue weighted by atomic mass is 16.9. The van der Waals surface area contributed by atoms with E-state index in [2.05, 4.69) is 11.4 Å². The van der Waals surface area contributed by atoms with E-state index in [-0.39, 0.29) is 0 Å². The number of hydroxylamine groups is 2. The molecule has 0 saturated heterocycles. The van der Waals surface area contributed by atoms with Crippen LogP contribution < -0.4 is 0 Å². The zero-order chi connectivity index (χ0) is 5.70. The Labute approximate surface area is 42.7 Å². The molecule has 0 aromatic heterocycles. The van der Waals surface area contributed by atoms with Gasteiger partial charge in [0, 0.05) is 0 Å². The van der Waals surface area contributed by atoms with Crippen molar-refractivity contribution in [2.45, 2.75) is 0 Å². The van der Waals surface area contributed by atoms with E-state index in [1.54, 1.807) is 0 Å². The van der Waals surface area contributed by atoms with Crippen molar-refractivity contribution in [3.8, 4) is 0 Å². The molecule has 0 spiro atoms. The Morgan fingerprint density at radius 1 is 1.86 bits per heavy atom. The second-order valence-electron chi connectivity index (χ2n) is 0.870. The van der Waals surface area contributed by atoms with Gasteiger partial charge in [0.1, 0.15) is 6.54 Å². The fraction of sp³-hybridized carbons (Fsp3) is 0.250. The van der Waals surface area contributed by atoms with Gasteiger partial charge in [0.2, 0.25) is 0 Å². The first kappa shape index (κ1) is 6.62. The van der Waals surface area contributed by atoms with Crippen LogP contribution in [0.5, 0.6) is 0 Å². The molecule has 7 heavy (non-hydrogen) atoms. The van der Waals surface area contributed by atoms with E-state index < -0.39 is 0 Å². The quantitative estimate of drug-likeness (QED) is 0.529. The molecule has 0 aromatic carbocycles. The Balaban J connectivity index is 2.98. The minimum Gasteiger partial charge on any atom is -0.289 e. The van der Waals surface area contributed by atoms with Crippen molar-refractivity contribution in [2.24, 2.45) is 0 Å². The molecule has 1 radical (unpaired) electrons. The largest absolute Gasteiger partial charge is 0.289 e. The maximum absolute atomic E-state index is 8.34. The molecule has 0 bridgehead atoms. The second kappa shape index (κ2) is 3.80. The number of hydrogen-bond donors (Lipinski definition) is 1. The average Bonchev–Trinajstić information content (AvgIpc) is 1.68. The topological polar surface area (TPSA) is 32.7 Å². The van der Waals surface area contributed by atoms with Crippen molar-refractivity contribution in [1.29, 1.82) is 0 Å². The Kier molecular flexibility index (Phi) is 3.59. The van der Waals surface area contributed by atoms with E-state index in [1.165, 1.54) is 19.7 Å². The third-order valence-corrected chi connectivity index (χ3v) is 0.420. The molecule has 0 fully saturated rings. The summed E-state index contributed by atoms with van der Waals surface area (Å²) in [6.45, 7) is 4.59. The van der Waals surface area contributed by atoms with Crippen molar-refractivity contribution in [3.05, 3.63) is 19.2 Å². The Morgan fingerprint density at radius 2 is 2.43 bits per heavy atom. The maximum Gasteiger partial charge on any atom is 0.104 e. The van der Waals surface area contributed by atoms with Crippen LogP contribution in [0, 0.1) is 6.54 Å². The maximum atomic E-state index is 8.34. The van der Waals surface area contributed by atoms with E-state index in [9.17, 15) is 0 Å². The van der Waals surface area contributed by atoms with Crippen LogP contribution in [0.4, 0.5) is 0 Å². The van der Waals surface area contributed by atoms with Crippen molar-refractivity contribution >= 4 is 0 Å². The molecule has 0 saturated carbocycles. The standard InChI is InChI=1S/C4H8NO2/c1-3-4-5(6)7-2/h3-4,6H,1H2,2H3. The van der Waals surface area contributed by atoms with Gasteiger partial charge < -0.3 is 0 Å². The number of rotatable bonds is 3. The van der Waals surface area contributed by atoms with Crippen molar-refractivity contribution in [2.75, 3.05) is 7.11 Å². The first-order valence-electron chi connectivity index (χ1n) is 1.79. The van der Waals surface area contributed by atoms with Gasteiger partial charge in [0.15, 0.2) is 0 Å². The van der Waals surface area contributed by atoms with Crippen LogP contribution in [0.25, 0.3) is 0 Å². The minimum absolute atomic E-state index is 0.562. The highest BCUT2D eigenvalue weighted by Gasteiger charge is 1.88. The lowest BCUT2D eigenvalue weighted by molar-refractivity contribution is -0.300.